The zero-order valence-electron chi connectivity index (χ0n) is 19.8. The van der Waals surface area contributed by atoms with Crippen molar-refractivity contribution in [1.82, 2.24) is 10.9 Å². The number of ether oxygens (including phenoxy) is 2. The molecule has 32 heavy (non-hydrogen) atoms. The van der Waals surface area contributed by atoms with Gasteiger partial charge in [0.25, 0.3) is 11.8 Å². The first-order chi connectivity index (χ1) is 15.0. The van der Waals surface area contributed by atoms with Crippen molar-refractivity contribution in [1.29, 1.82) is 0 Å². The largest absolute Gasteiger partial charge is 0.497 e. The van der Waals surface area contributed by atoms with E-state index < -0.39 is 11.8 Å². The number of methoxy groups -OCH3 is 1. The molecule has 0 aliphatic rings. The highest BCUT2D eigenvalue weighted by atomic mass is 16.5. The first-order valence-corrected chi connectivity index (χ1v) is 10.6. The Bertz CT molecular complexity index is 924. The van der Waals surface area contributed by atoms with Crippen LogP contribution in [0.3, 0.4) is 0 Å². The number of hydrogen-bond acceptors (Lipinski definition) is 4. The number of carbonyl (C=O) groups excluding carboxylic acids is 2. The number of rotatable bonds is 8. The minimum absolute atomic E-state index is 0.0395. The SMILES string of the molecule is COc1ccc(/C=C/C(=O)NNC(=O)COc2ccc(C(C)(C)CC(C)(C)C)cc2)cc1. The van der Waals surface area contributed by atoms with Gasteiger partial charge in [0.05, 0.1) is 7.11 Å². The predicted octanol–water partition coefficient (Wildman–Crippen LogP) is 4.65. The summed E-state index contributed by atoms with van der Waals surface area (Å²) >= 11 is 0. The second kappa shape index (κ2) is 10.8. The molecule has 0 radical (unpaired) electrons. The van der Waals surface area contributed by atoms with E-state index in [1.54, 1.807) is 25.3 Å². The molecule has 2 amide bonds. The number of amides is 2. The van der Waals surface area contributed by atoms with Gasteiger partial charge >= 0.3 is 0 Å². The van der Waals surface area contributed by atoms with E-state index in [-0.39, 0.29) is 17.4 Å². The van der Waals surface area contributed by atoms with Gasteiger partial charge in [0, 0.05) is 6.08 Å². The summed E-state index contributed by atoms with van der Waals surface area (Å²) in [4.78, 5) is 23.8. The van der Waals surface area contributed by atoms with Gasteiger partial charge in [-0.25, -0.2) is 0 Å². The van der Waals surface area contributed by atoms with Crippen LogP contribution < -0.4 is 20.3 Å². The summed E-state index contributed by atoms with van der Waals surface area (Å²) in [5, 5.41) is 0. The summed E-state index contributed by atoms with van der Waals surface area (Å²) in [5.41, 5.74) is 6.99. The number of hydrazine groups is 1. The van der Waals surface area contributed by atoms with Crippen LogP contribution in [0.2, 0.25) is 0 Å². The quantitative estimate of drug-likeness (QED) is 0.465. The molecule has 0 aromatic heterocycles. The molecule has 6 heteroatoms. The number of nitrogens with one attached hydrogen (secondary N) is 2. The fourth-order valence-corrected chi connectivity index (χ4v) is 3.68. The molecule has 2 rings (SSSR count). The standard InChI is InChI=1S/C26H34N2O4/c1-25(2,3)18-26(4,5)20-10-14-22(15-11-20)32-17-24(30)28-27-23(29)16-9-19-7-12-21(31-6)13-8-19/h7-16H,17-18H2,1-6H3,(H,27,29)(H,28,30)/b16-9+. The molecule has 0 saturated carbocycles. The van der Waals surface area contributed by atoms with Crippen LogP contribution >= 0.6 is 0 Å². The highest BCUT2D eigenvalue weighted by Gasteiger charge is 2.27. The van der Waals surface area contributed by atoms with Gasteiger partial charge in [0.2, 0.25) is 0 Å². The first-order valence-electron chi connectivity index (χ1n) is 10.6. The number of benzene rings is 2. The van der Waals surface area contributed by atoms with Gasteiger partial charge in [-0.2, -0.15) is 0 Å². The van der Waals surface area contributed by atoms with Gasteiger partial charge in [-0.3, -0.25) is 20.4 Å². The fraction of sp³-hybridized carbons (Fsp3) is 0.385. The Labute approximate surface area is 191 Å². The lowest BCUT2D eigenvalue weighted by molar-refractivity contribution is -0.128. The molecule has 0 bridgehead atoms. The van der Waals surface area contributed by atoms with Gasteiger partial charge in [-0.1, -0.05) is 58.9 Å². The van der Waals surface area contributed by atoms with Crippen molar-refractivity contribution in [3.8, 4) is 11.5 Å². The molecule has 0 unspecified atom stereocenters. The summed E-state index contributed by atoms with van der Waals surface area (Å²) in [5.74, 6) is 0.441. The van der Waals surface area contributed by atoms with E-state index in [1.165, 1.54) is 11.6 Å². The van der Waals surface area contributed by atoms with Crippen molar-refractivity contribution in [3.63, 3.8) is 0 Å². The highest BCUT2D eigenvalue weighted by Crippen LogP contribution is 2.36. The Morgan fingerprint density at radius 3 is 2.03 bits per heavy atom. The zero-order valence-corrected chi connectivity index (χ0v) is 19.8. The molecule has 2 aromatic rings. The molecule has 0 aliphatic heterocycles. The van der Waals surface area contributed by atoms with Crippen LogP contribution in [-0.4, -0.2) is 25.5 Å². The first kappa shape index (κ1) is 25.0. The normalized spacial score (nSPS) is 11.8. The zero-order chi connectivity index (χ0) is 23.8. The van der Waals surface area contributed by atoms with Crippen molar-refractivity contribution in [2.45, 2.75) is 46.5 Å². The smallest absolute Gasteiger partial charge is 0.276 e. The molecular formula is C26H34N2O4. The lowest BCUT2D eigenvalue weighted by atomic mass is 9.72. The van der Waals surface area contributed by atoms with Gasteiger partial charge in [0.1, 0.15) is 11.5 Å². The molecule has 0 fully saturated rings. The number of hydrogen-bond donors (Lipinski definition) is 2. The number of carbonyl (C=O) groups is 2. The van der Waals surface area contributed by atoms with E-state index >= 15 is 0 Å². The van der Waals surface area contributed by atoms with E-state index in [0.29, 0.717) is 5.75 Å². The monoisotopic (exact) mass is 438 g/mol. The maximum absolute atomic E-state index is 12.0. The minimum Gasteiger partial charge on any atom is -0.497 e. The van der Waals surface area contributed by atoms with Crippen LogP contribution in [0.5, 0.6) is 11.5 Å². The summed E-state index contributed by atoms with van der Waals surface area (Å²) in [6.07, 6.45) is 4.02. The Morgan fingerprint density at radius 1 is 0.875 bits per heavy atom. The summed E-state index contributed by atoms with van der Waals surface area (Å²) in [6, 6.07) is 15.0. The van der Waals surface area contributed by atoms with Crippen molar-refractivity contribution in [2.75, 3.05) is 13.7 Å². The van der Waals surface area contributed by atoms with Crippen LogP contribution in [0.1, 0.15) is 52.2 Å². The summed E-state index contributed by atoms with van der Waals surface area (Å²) < 4.78 is 10.6. The molecular weight excluding hydrogens is 404 g/mol. The van der Waals surface area contributed by atoms with Crippen molar-refractivity contribution >= 4 is 17.9 Å². The molecule has 0 heterocycles. The highest BCUT2D eigenvalue weighted by molar-refractivity contribution is 5.93. The average Bonchev–Trinajstić information content (AvgIpc) is 2.73. The third-order valence-corrected chi connectivity index (χ3v) is 4.85. The van der Waals surface area contributed by atoms with Crippen LogP contribution in [0.25, 0.3) is 6.08 Å². The topological polar surface area (TPSA) is 76.7 Å². The molecule has 6 nitrogen and oxygen atoms in total. The van der Waals surface area contributed by atoms with E-state index in [4.69, 9.17) is 9.47 Å². The minimum atomic E-state index is -0.451. The maximum atomic E-state index is 12.0. The Hall–Kier alpha value is -3.28. The van der Waals surface area contributed by atoms with Crippen LogP contribution in [0, 0.1) is 5.41 Å². The lowest BCUT2D eigenvalue weighted by Crippen LogP contribution is -2.43. The van der Waals surface area contributed by atoms with Gasteiger partial charge in [0.15, 0.2) is 6.61 Å². The average molecular weight is 439 g/mol. The molecule has 172 valence electrons. The third-order valence-electron chi connectivity index (χ3n) is 4.85. The van der Waals surface area contributed by atoms with Crippen molar-refractivity contribution in [2.24, 2.45) is 5.41 Å². The molecule has 2 N–H and O–H groups in total. The molecule has 2 aromatic carbocycles. The molecule has 0 saturated heterocycles. The maximum Gasteiger partial charge on any atom is 0.276 e. The van der Waals surface area contributed by atoms with E-state index in [1.807, 2.05) is 36.4 Å². The Kier molecular flexibility index (Phi) is 8.47. The lowest BCUT2D eigenvalue weighted by Gasteiger charge is -2.33. The van der Waals surface area contributed by atoms with Crippen LogP contribution in [0.15, 0.2) is 54.6 Å². The van der Waals surface area contributed by atoms with E-state index in [9.17, 15) is 9.59 Å². The van der Waals surface area contributed by atoms with Gasteiger partial charge in [-0.15, -0.1) is 0 Å². The van der Waals surface area contributed by atoms with Crippen molar-refractivity contribution in [3.05, 3.63) is 65.7 Å². The van der Waals surface area contributed by atoms with Crippen molar-refractivity contribution < 1.29 is 19.1 Å². The third kappa shape index (κ3) is 8.46. The molecule has 0 spiro atoms. The van der Waals surface area contributed by atoms with Crippen LogP contribution in [-0.2, 0) is 15.0 Å². The van der Waals surface area contributed by atoms with E-state index in [0.717, 1.165) is 17.7 Å². The molecule has 0 atom stereocenters. The second-order valence-electron chi connectivity index (χ2n) is 9.58. The molecule has 0 aliphatic carbocycles. The fourth-order valence-electron chi connectivity index (χ4n) is 3.68. The van der Waals surface area contributed by atoms with Gasteiger partial charge < -0.3 is 9.47 Å². The second-order valence-corrected chi connectivity index (χ2v) is 9.58. The van der Waals surface area contributed by atoms with Crippen LogP contribution in [0.4, 0.5) is 0 Å². The Balaban J connectivity index is 1.77. The predicted molar refractivity (Wildman–Crippen MR) is 127 cm³/mol. The summed E-state index contributed by atoms with van der Waals surface area (Å²) in [7, 11) is 1.59. The Morgan fingerprint density at radius 2 is 1.47 bits per heavy atom. The van der Waals surface area contributed by atoms with Gasteiger partial charge in [-0.05, 0) is 58.7 Å². The van der Waals surface area contributed by atoms with E-state index in [2.05, 4.69) is 45.5 Å². The summed E-state index contributed by atoms with van der Waals surface area (Å²) in [6.45, 7) is 11.0.